The van der Waals surface area contributed by atoms with Crippen molar-refractivity contribution in [3.05, 3.63) is 64.4 Å². The minimum atomic E-state index is -1.33. The van der Waals surface area contributed by atoms with Crippen molar-refractivity contribution in [3.8, 4) is 11.5 Å². The van der Waals surface area contributed by atoms with Crippen LogP contribution >= 0.6 is 0 Å². The Bertz CT molecular complexity index is 1380. The molecule has 2 bridgehead atoms. The summed E-state index contributed by atoms with van der Waals surface area (Å²) in [6, 6.07) is 10.6. The lowest BCUT2D eigenvalue weighted by atomic mass is 9.49. The molecule has 3 aliphatic carbocycles. The first kappa shape index (κ1) is 22.8. The Kier molecular flexibility index (Phi) is 4.82. The summed E-state index contributed by atoms with van der Waals surface area (Å²) in [6.45, 7) is 1.70. The van der Waals surface area contributed by atoms with E-state index in [-0.39, 0.29) is 29.5 Å². The van der Waals surface area contributed by atoms with Crippen LogP contribution in [0.3, 0.4) is 0 Å². The molecule has 1 saturated heterocycles. The van der Waals surface area contributed by atoms with Gasteiger partial charge in [0.1, 0.15) is 5.76 Å². The predicted molar refractivity (Wildman–Crippen MR) is 138 cm³/mol. The Morgan fingerprint density at radius 3 is 2.89 bits per heavy atom. The number of ether oxygens (including phenoxy) is 1. The zero-order chi connectivity index (χ0) is 25.5. The third kappa shape index (κ3) is 3.09. The fourth-order valence-electron chi connectivity index (χ4n) is 7.42. The van der Waals surface area contributed by atoms with Crippen molar-refractivity contribution in [2.24, 2.45) is 10.9 Å². The number of piperidine rings is 1. The summed E-state index contributed by atoms with van der Waals surface area (Å²) in [4.78, 5) is 20.0. The van der Waals surface area contributed by atoms with Crippen molar-refractivity contribution in [1.29, 1.82) is 0 Å². The monoisotopic (exact) mass is 501 g/mol. The maximum atomic E-state index is 13.6. The third-order valence-corrected chi connectivity index (χ3v) is 9.21. The van der Waals surface area contributed by atoms with Crippen molar-refractivity contribution >= 4 is 17.8 Å². The molecule has 7 rings (SSSR count). The molecule has 0 radical (unpaired) electrons. The zero-order valence-corrected chi connectivity index (χ0v) is 20.8. The van der Waals surface area contributed by atoms with Gasteiger partial charge in [-0.3, -0.25) is 14.7 Å². The highest BCUT2D eigenvalue weighted by Crippen LogP contribution is 2.66. The van der Waals surface area contributed by atoms with Gasteiger partial charge in [0.2, 0.25) is 0 Å². The van der Waals surface area contributed by atoms with Crippen LogP contribution < -0.4 is 10.1 Å². The molecule has 2 fully saturated rings. The number of aliphatic imine (C=N–C) groups is 1. The van der Waals surface area contributed by atoms with Gasteiger partial charge in [-0.25, -0.2) is 0 Å². The molecule has 0 unspecified atom stereocenters. The first-order valence-electron chi connectivity index (χ1n) is 13.1. The molecule has 2 heterocycles. The standard InChI is InChI=1S/C29H31N3O5/c1-30-14-17-3-2-4-19(11-17)31-27(35)20-13-29(36)22-12-18-7-8-21(33)25-23(18)28(29,26(37-25)24(20)34)9-10-32(22)15-16-5-6-16/h2-4,7-8,11,14,16,22,26,33-34,36H,5-6,9-10,12-13,15H2,1H3,(H,31,35)/t22-,26+,28+,29-/m1/s1. The summed E-state index contributed by atoms with van der Waals surface area (Å²) < 4.78 is 6.26. The number of anilines is 1. The number of phenols is 1. The molecule has 2 aliphatic heterocycles. The largest absolute Gasteiger partial charge is 0.508 e. The molecule has 1 saturated carbocycles. The quantitative estimate of drug-likeness (QED) is 0.468. The number of carbonyl (C=O) groups is 1. The Labute approximate surface area is 215 Å². The van der Waals surface area contributed by atoms with Gasteiger partial charge in [-0.1, -0.05) is 18.2 Å². The van der Waals surface area contributed by atoms with Gasteiger partial charge in [0.15, 0.2) is 17.6 Å². The molecular weight excluding hydrogens is 470 g/mol. The van der Waals surface area contributed by atoms with E-state index in [1.165, 1.54) is 12.8 Å². The molecule has 2 aromatic rings. The van der Waals surface area contributed by atoms with Gasteiger partial charge in [0, 0.05) is 43.5 Å². The summed E-state index contributed by atoms with van der Waals surface area (Å²) in [5, 5.41) is 37.8. The van der Waals surface area contributed by atoms with E-state index < -0.39 is 23.0 Å². The highest BCUT2D eigenvalue weighted by atomic mass is 16.5. The zero-order valence-electron chi connectivity index (χ0n) is 20.8. The average molecular weight is 502 g/mol. The fraction of sp³-hybridized carbons (Fsp3) is 0.448. The van der Waals surface area contributed by atoms with Crippen LogP contribution in [-0.2, 0) is 16.6 Å². The van der Waals surface area contributed by atoms with Gasteiger partial charge < -0.3 is 25.4 Å². The van der Waals surface area contributed by atoms with Gasteiger partial charge in [-0.2, -0.15) is 0 Å². The average Bonchev–Trinajstić information content (AvgIpc) is 3.61. The number of phenolic OH excluding ortho intramolecular Hbond substituents is 1. The molecule has 5 aliphatic rings. The summed E-state index contributed by atoms with van der Waals surface area (Å²) >= 11 is 0. The van der Waals surface area contributed by atoms with Crippen molar-refractivity contribution < 1.29 is 24.9 Å². The second kappa shape index (κ2) is 7.82. The summed E-state index contributed by atoms with van der Waals surface area (Å²) in [5.41, 5.74) is 1.16. The highest BCUT2D eigenvalue weighted by Gasteiger charge is 2.73. The van der Waals surface area contributed by atoms with Gasteiger partial charge in [0.05, 0.1) is 16.6 Å². The van der Waals surface area contributed by atoms with E-state index in [9.17, 15) is 20.1 Å². The fourth-order valence-corrected chi connectivity index (χ4v) is 7.42. The number of likely N-dealkylation sites (tertiary alicyclic amines) is 1. The predicted octanol–water partition coefficient (Wildman–Crippen LogP) is 3.07. The second-order valence-corrected chi connectivity index (χ2v) is 11.3. The number of amides is 1. The van der Waals surface area contributed by atoms with Crippen molar-refractivity contribution in [2.45, 2.75) is 55.3 Å². The molecule has 1 amide bonds. The number of aromatic hydroxyl groups is 1. The molecule has 8 heteroatoms. The molecule has 37 heavy (non-hydrogen) atoms. The number of nitrogens with one attached hydrogen (secondary N) is 1. The van der Waals surface area contributed by atoms with Crippen molar-refractivity contribution in [2.75, 3.05) is 25.5 Å². The molecule has 192 valence electrons. The molecule has 2 aromatic carbocycles. The van der Waals surface area contributed by atoms with Gasteiger partial charge in [-0.05, 0) is 67.5 Å². The van der Waals surface area contributed by atoms with Crippen molar-refractivity contribution in [1.82, 2.24) is 4.90 Å². The Morgan fingerprint density at radius 2 is 2.11 bits per heavy atom. The van der Waals surface area contributed by atoms with E-state index in [0.29, 0.717) is 30.2 Å². The lowest BCUT2D eigenvalue weighted by Gasteiger charge is -2.62. The van der Waals surface area contributed by atoms with Crippen LogP contribution in [0.25, 0.3) is 0 Å². The number of benzene rings is 2. The summed E-state index contributed by atoms with van der Waals surface area (Å²) in [6.07, 6.45) is 4.40. The number of aliphatic hydroxyl groups excluding tert-OH is 1. The first-order valence-corrected chi connectivity index (χ1v) is 13.1. The van der Waals surface area contributed by atoms with Crippen LogP contribution in [0.2, 0.25) is 0 Å². The van der Waals surface area contributed by atoms with Crippen LogP contribution in [0.4, 0.5) is 5.69 Å². The highest BCUT2D eigenvalue weighted by molar-refractivity contribution is 6.05. The topological polar surface area (TPSA) is 115 Å². The lowest BCUT2D eigenvalue weighted by molar-refractivity contribution is -0.172. The number of hydrogen-bond donors (Lipinski definition) is 4. The van der Waals surface area contributed by atoms with Gasteiger partial charge in [-0.15, -0.1) is 0 Å². The number of aliphatic hydroxyl groups is 2. The number of hydrogen-bond acceptors (Lipinski definition) is 7. The van der Waals surface area contributed by atoms with E-state index >= 15 is 0 Å². The Morgan fingerprint density at radius 1 is 1.27 bits per heavy atom. The third-order valence-electron chi connectivity index (χ3n) is 9.21. The normalized spacial score (nSPS) is 31.8. The van der Waals surface area contributed by atoms with Crippen LogP contribution in [0.1, 0.15) is 42.4 Å². The maximum absolute atomic E-state index is 13.6. The number of nitrogens with zero attached hydrogens (tertiary/aromatic N) is 2. The molecule has 8 nitrogen and oxygen atoms in total. The van der Waals surface area contributed by atoms with Crippen LogP contribution in [0, 0.1) is 5.92 Å². The van der Waals surface area contributed by atoms with E-state index in [1.807, 2.05) is 18.2 Å². The Hall–Kier alpha value is -3.36. The molecule has 4 atom stereocenters. The summed E-state index contributed by atoms with van der Waals surface area (Å²) in [5.74, 6) is 0.352. The SMILES string of the molecule is CN=Cc1cccc(NC(=O)C2=C(O)[C@@H]3Oc4c(O)ccc5c4[C@@]34CCN(CC3CC3)[C@H](C5)[C@]4(O)C2)c1. The lowest BCUT2D eigenvalue weighted by Crippen LogP contribution is -2.75. The van der Waals surface area contributed by atoms with Crippen LogP contribution in [0.5, 0.6) is 11.5 Å². The van der Waals surface area contributed by atoms with Gasteiger partial charge in [0.25, 0.3) is 5.91 Å². The van der Waals surface area contributed by atoms with E-state index in [2.05, 4.69) is 15.2 Å². The van der Waals surface area contributed by atoms with Crippen LogP contribution in [0.15, 0.2) is 52.7 Å². The minimum Gasteiger partial charge on any atom is -0.508 e. The van der Waals surface area contributed by atoms with E-state index in [4.69, 9.17) is 4.74 Å². The first-order chi connectivity index (χ1) is 17.9. The van der Waals surface area contributed by atoms with E-state index in [0.717, 1.165) is 29.8 Å². The summed E-state index contributed by atoms with van der Waals surface area (Å²) in [7, 11) is 1.68. The molecule has 4 N–H and O–H groups in total. The second-order valence-electron chi connectivity index (χ2n) is 11.3. The van der Waals surface area contributed by atoms with Crippen molar-refractivity contribution in [3.63, 3.8) is 0 Å². The molecule has 0 aromatic heterocycles. The van der Waals surface area contributed by atoms with E-state index in [1.54, 1.807) is 31.5 Å². The minimum absolute atomic E-state index is 0.00283. The smallest absolute Gasteiger partial charge is 0.255 e. The molecular formula is C29H31N3O5. The number of carbonyl (C=O) groups excluding carboxylic acids is 1. The Balaban J connectivity index is 1.32. The maximum Gasteiger partial charge on any atom is 0.255 e. The van der Waals surface area contributed by atoms with Gasteiger partial charge >= 0.3 is 0 Å². The van der Waals surface area contributed by atoms with Crippen LogP contribution in [-0.4, -0.2) is 70.2 Å². The number of rotatable bonds is 5. The molecule has 1 spiro atoms.